The second kappa shape index (κ2) is 4.67. The smallest absolute Gasteiger partial charge is 0.408 e. The fraction of sp³-hybridized carbons (Fsp3) is 0.846. The number of nitrogens with one attached hydrogen (secondary N) is 1. The van der Waals surface area contributed by atoms with Gasteiger partial charge in [0.25, 0.3) is 0 Å². The maximum Gasteiger partial charge on any atom is 0.408 e. The second-order valence-corrected chi connectivity index (χ2v) is 6.36. The van der Waals surface area contributed by atoms with Crippen molar-refractivity contribution in [3.8, 4) is 0 Å². The van der Waals surface area contributed by atoms with Crippen LogP contribution in [-0.2, 0) is 14.3 Å². The number of carbonyl (C=O) groups is 2. The van der Waals surface area contributed by atoms with Crippen molar-refractivity contribution >= 4 is 12.1 Å². The van der Waals surface area contributed by atoms with E-state index in [0.717, 1.165) is 6.42 Å². The van der Waals surface area contributed by atoms with Crippen LogP contribution in [0.2, 0.25) is 0 Å². The van der Waals surface area contributed by atoms with Crippen molar-refractivity contribution in [3.63, 3.8) is 0 Å². The summed E-state index contributed by atoms with van der Waals surface area (Å²) in [6, 6.07) is 0. The van der Waals surface area contributed by atoms with Crippen LogP contribution in [0.3, 0.4) is 0 Å². The second-order valence-electron chi connectivity index (χ2n) is 6.36. The van der Waals surface area contributed by atoms with Gasteiger partial charge in [-0.1, -0.05) is 0 Å². The van der Waals surface area contributed by atoms with Crippen LogP contribution in [0.5, 0.6) is 0 Å². The minimum Gasteiger partial charge on any atom is -0.481 e. The molecule has 2 N–H and O–H groups in total. The molecular weight excluding hydrogens is 250 g/mol. The summed E-state index contributed by atoms with van der Waals surface area (Å²) in [4.78, 5) is 22.9. The van der Waals surface area contributed by atoms with E-state index in [1.165, 1.54) is 0 Å². The summed E-state index contributed by atoms with van der Waals surface area (Å²) in [6.45, 7) is 5.96. The average molecular weight is 271 g/mol. The van der Waals surface area contributed by atoms with Gasteiger partial charge in [0, 0.05) is 12.5 Å². The van der Waals surface area contributed by atoms with Crippen molar-refractivity contribution < 1.29 is 24.2 Å². The zero-order valence-corrected chi connectivity index (χ0v) is 11.6. The molecule has 6 heteroatoms. The van der Waals surface area contributed by atoms with E-state index >= 15 is 0 Å². The first-order chi connectivity index (χ1) is 8.72. The molecule has 0 aromatic heterocycles. The van der Waals surface area contributed by atoms with Gasteiger partial charge in [-0.3, -0.25) is 4.79 Å². The molecular formula is C13H21NO5. The lowest BCUT2D eigenvalue weighted by atomic mass is 9.62. The summed E-state index contributed by atoms with van der Waals surface area (Å²) in [6.07, 6.45) is 0.765. The van der Waals surface area contributed by atoms with Gasteiger partial charge in [0.1, 0.15) is 5.60 Å². The predicted octanol–water partition coefficient (Wildman–Crippen LogP) is 1.53. The normalized spacial score (nSPS) is 33.2. The Morgan fingerprint density at radius 1 is 1.47 bits per heavy atom. The lowest BCUT2D eigenvalue weighted by Crippen LogP contribution is -2.66. The lowest BCUT2D eigenvalue weighted by Gasteiger charge is -2.50. The molecule has 1 saturated heterocycles. The van der Waals surface area contributed by atoms with Gasteiger partial charge in [-0.15, -0.1) is 0 Å². The largest absolute Gasteiger partial charge is 0.481 e. The molecule has 0 aromatic rings. The molecule has 6 nitrogen and oxygen atoms in total. The van der Waals surface area contributed by atoms with E-state index in [2.05, 4.69) is 5.32 Å². The van der Waals surface area contributed by atoms with Gasteiger partial charge in [-0.05, 0) is 33.6 Å². The van der Waals surface area contributed by atoms with Crippen LogP contribution in [0.25, 0.3) is 0 Å². The minimum atomic E-state index is -0.915. The zero-order chi connectivity index (χ0) is 14.3. The molecule has 0 bridgehead atoms. The first-order valence-corrected chi connectivity index (χ1v) is 6.56. The molecule has 1 aliphatic carbocycles. The summed E-state index contributed by atoms with van der Waals surface area (Å²) < 4.78 is 10.7. The molecule has 2 rings (SSSR count). The van der Waals surface area contributed by atoms with E-state index in [-0.39, 0.29) is 18.4 Å². The zero-order valence-electron chi connectivity index (χ0n) is 11.6. The Labute approximate surface area is 112 Å². The Hall–Kier alpha value is -1.30. The topological polar surface area (TPSA) is 84.9 Å². The number of carboxylic acid groups (broad SMARTS) is 1. The number of hydrogen-bond donors (Lipinski definition) is 2. The maximum absolute atomic E-state index is 11.9. The number of rotatable bonds is 3. The van der Waals surface area contributed by atoms with Crippen LogP contribution in [0.15, 0.2) is 0 Å². The number of carbonyl (C=O) groups excluding carboxylic acids is 1. The molecule has 3 atom stereocenters. The van der Waals surface area contributed by atoms with Gasteiger partial charge >= 0.3 is 12.1 Å². The standard InChI is InChI=1S/C13H21NO5/c1-12(2,3)19-11(17)14-13(7-10(15)16)6-9-8(13)4-5-18-9/h8-9H,4-7H2,1-3H3,(H,14,17)(H,15,16). The van der Waals surface area contributed by atoms with Crippen LogP contribution in [-0.4, -0.2) is 41.0 Å². The van der Waals surface area contributed by atoms with Crippen molar-refractivity contribution in [3.05, 3.63) is 0 Å². The highest BCUT2D eigenvalue weighted by Gasteiger charge is 2.58. The molecule has 1 saturated carbocycles. The molecule has 1 aliphatic heterocycles. The fourth-order valence-corrected chi connectivity index (χ4v) is 3.00. The summed E-state index contributed by atoms with van der Waals surface area (Å²) in [5, 5.41) is 11.8. The molecule has 2 fully saturated rings. The first-order valence-electron chi connectivity index (χ1n) is 6.56. The number of fused-ring (bicyclic) bond motifs is 1. The lowest BCUT2D eigenvalue weighted by molar-refractivity contribution is -0.143. The van der Waals surface area contributed by atoms with E-state index in [1.54, 1.807) is 20.8 Å². The first kappa shape index (κ1) is 14.1. The Balaban J connectivity index is 2.03. The van der Waals surface area contributed by atoms with Crippen LogP contribution in [0.4, 0.5) is 4.79 Å². The van der Waals surface area contributed by atoms with E-state index in [4.69, 9.17) is 14.6 Å². The number of hydrogen-bond acceptors (Lipinski definition) is 4. The van der Waals surface area contributed by atoms with Crippen LogP contribution in [0.1, 0.15) is 40.0 Å². The van der Waals surface area contributed by atoms with E-state index < -0.39 is 23.2 Å². The number of alkyl carbamates (subject to hydrolysis) is 1. The van der Waals surface area contributed by atoms with Crippen molar-refractivity contribution in [2.24, 2.45) is 5.92 Å². The molecule has 108 valence electrons. The highest BCUT2D eigenvalue weighted by Crippen LogP contribution is 2.48. The van der Waals surface area contributed by atoms with Crippen LogP contribution in [0, 0.1) is 5.92 Å². The van der Waals surface area contributed by atoms with E-state index in [1.807, 2.05) is 0 Å². The third-order valence-electron chi connectivity index (χ3n) is 3.70. The van der Waals surface area contributed by atoms with Crippen molar-refractivity contribution in [1.82, 2.24) is 5.32 Å². The molecule has 1 heterocycles. The molecule has 2 aliphatic rings. The third-order valence-corrected chi connectivity index (χ3v) is 3.70. The fourth-order valence-electron chi connectivity index (χ4n) is 3.00. The quantitative estimate of drug-likeness (QED) is 0.813. The Morgan fingerprint density at radius 2 is 2.16 bits per heavy atom. The maximum atomic E-state index is 11.9. The highest BCUT2D eigenvalue weighted by molar-refractivity contribution is 5.73. The monoisotopic (exact) mass is 271 g/mol. The Bertz CT molecular complexity index is 389. The van der Waals surface area contributed by atoms with Gasteiger partial charge < -0.3 is 19.9 Å². The van der Waals surface area contributed by atoms with Gasteiger partial charge in [-0.25, -0.2) is 4.79 Å². The minimum absolute atomic E-state index is 0.0780. The van der Waals surface area contributed by atoms with Crippen molar-refractivity contribution in [2.45, 2.75) is 57.3 Å². The summed E-state index contributed by atoms with van der Waals surface area (Å²) in [5.74, 6) is -0.836. The summed E-state index contributed by atoms with van der Waals surface area (Å²) in [5.41, 5.74) is -1.31. The number of aliphatic carboxylic acids is 1. The van der Waals surface area contributed by atoms with Gasteiger partial charge in [0.15, 0.2) is 0 Å². The number of amides is 1. The Morgan fingerprint density at radius 3 is 2.68 bits per heavy atom. The molecule has 0 spiro atoms. The third kappa shape index (κ3) is 3.00. The van der Waals surface area contributed by atoms with Crippen LogP contribution >= 0.6 is 0 Å². The SMILES string of the molecule is CC(C)(C)OC(=O)NC1(CC(=O)O)CC2OCCC21. The van der Waals surface area contributed by atoms with Gasteiger partial charge in [0.05, 0.1) is 18.1 Å². The van der Waals surface area contributed by atoms with E-state index in [9.17, 15) is 9.59 Å². The summed E-state index contributed by atoms with van der Waals surface area (Å²) in [7, 11) is 0. The summed E-state index contributed by atoms with van der Waals surface area (Å²) >= 11 is 0. The molecule has 3 unspecified atom stereocenters. The highest BCUT2D eigenvalue weighted by atomic mass is 16.6. The molecule has 19 heavy (non-hydrogen) atoms. The predicted molar refractivity (Wildman–Crippen MR) is 66.8 cm³/mol. The Kier molecular flexibility index (Phi) is 3.47. The number of ether oxygens (including phenoxy) is 2. The molecule has 0 radical (unpaired) electrons. The molecule has 0 aromatic carbocycles. The van der Waals surface area contributed by atoms with E-state index in [0.29, 0.717) is 13.0 Å². The number of carboxylic acids is 1. The van der Waals surface area contributed by atoms with Crippen LogP contribution < -0.4 is 5.32 Å². The van der Waals surface area contributed by atoms with Gasteiger partial charge in [-0.2, -0.15) is 0 Å². The van der Waals surface area contributed by atoms with Crippen molar-refractivity contribution in [1.29, 1.82) is 0 Å². The average Bonchev–Trinajstić information content (AvgIpc) is 2.55. The van der Waals surface area contributed by atoms with Crippen molar-refractivity contribution in [2.75, 3.05) is 6.61 Å². The molecule has 1 amide bonds. The van der Waals surface area contributed by atoms with Gasteiger partial charge in [0.2, 0.25) is 0 Å².